The lowest BCUT2D eigenvalue weighted by molar-refractivity contribution is 0.299. The number of aliphatic hydroxyl groups excluding tert-OH is 1. The molecule has 0 radical (unpaired) electrons. The van der Waals surface area contributed by atoms with Gasteiger partial charge in [-0.2, -0.15) is 0 Å². The molecule has 0 amide bonds. The van der Waals surface area contributed by atoms with Crippen LogP contribution >= 0.6 is 0 Å². The van der Waals surface area contributed by atoms with Crippen molar-refractivity contribution in [3.63, 3.8) is 0 Å². The zero-order valence-corrected chi connectivity index (χ0v) is 9.48. The van der Waals surface area contributed by atoms with Gasteiger partial charge in [0.2, 0.25) is 0 Å². The Balaban J connectivity index is 2.37. The van der Waals surface area contributed by atoms with Gasteiger partial charge in [-0.1, -0.05) is 48.5 Å². The summed E-state index contributed by atoms with van der Waals surface area (Å²) in [5.41, 5.74) is 4.97. The molecule has 2 aromatic carbocycles. The van der Waals surface area contributed by atoms with E-state index in [2.05, 4.69) is 49.4 Å². The van der Waals surface area contributed by atoms with E-state index in [4.69, 9.17) is 5.11 Å². The van der Waals surface area contributed by atoms with E-state index >= 15 is 0 Å². The largest absolute Gasteiger partial charge is 0.396 e. The fourth-order valence-corrected chi connectivity index (χ4v) is 1.95. The van der Waals surface area contributed by atoms with Crippen molar-refractivity contribution in [1.29, 1.82) is 0 Å². The Morgan fingerprint density at radius 2 is 1.75 bits per heavy atom. The van der Waals surface area contributed by atoms with E-state index in [9.17, 15) is 0 Å². The number of aryl methyl sites for hydroxylation is 1. The van der Waals surface area contributed by atoms with Crippen LogP contribution in [-0.2, 0) is 6.42 Å². The summed E-state index contributed by atoms with van der Waals surface area (Å²) in [5, 5.41) is 8.90. The van der Waals surface area contributed by atoms with Crippen molar-refractivity contribution in [3.8, 4) is 11.1 Å². The molecule has 0 unspecified atom stereocenters. The average Bonchev–Trinajstić information content (AvgIpc) is 2.31. The minimum Gasteiger partial charge on any atom is -0.396 e. The monoisotopic (exact) mass is 212 g/mol. The van der Waals surface area contributed by atoms with Crippen LogP contribution in [-0.4, -0.2) is 11.7 Å². The zero-order chi connectivity index (χ0) is 11.4. The van der Waals surface area contributed by atoms with Crippen LogP contribution in [0.4, 0.5) is 0 Å². The molecule has 2 rings (SSSR count). The van der Waals surface area contributed by atoms with Gasteiger partial charge in [-0.15, -0.1) is 0 Å². The van der Waals surface area contributed by atoms with Crippen molar-refractivity contribution in [1.82, 2.24) is 0 Å². The molecule has 0 bridgehead atoms. The van der Waals surface area contributed by atoms with Gasteiger partial charge in [0.25, 0.3) is 0 Å². The Bertz CT molecular complexity index is 460. The lowest BCUT2D eigenvalue weighted by atomic mass is 9.98. The molecule has 1 nitrogen and oxygen atoms in total. The van der Waals surface area contributed by atoms with Crippen molar-refractivity contribution in [2.24, 2.45) is 0 Å². The quantitative estimate of drug-likeness (QED) is 0.828. The van der Waals surface area contributed by atoms with Crippen molar-refractivity contribution in [3.05, 3.63) is 59.7 Å². The van der Waals surface area contributed by atoms with Gasteiger partial charge in [-0.05, 0) is 35.6 Å². The Morgan fingerprint density at radius 1 is 1.00 bits per heavy atom. The van der Waals surface area contributed by atoms with Gasteiger partial charge in [-0.3, -0.25) is 0 Å². The highest BCUT2D eigenvalue weighted by atomic mass is 16.2. The summed E-state index contributed by atoms with van der Waals surface area (Å²) in [7, 11) is 0. The van der Waals surface area contributed by atoms with E-state index in [0.29, 0.717) is 0 Å². The predicted octanol–water partition coefficient (Wildman–Crippen LogP) is 3.20. The highest BCUT2D eigenvalue weighted by molar-refractivity contribution is 5.67. The molecule has 1 N–H and O–H groups in total. The van der Waals surface area contributed by atoms with Crippen molar-refractivity contribution in [2.75, 3.05) is 6.61 Å². The van der Waals surface area contributed by atoms with Gasteiger partial charge in [0.1, 0.15) is 0 Å². The molecular formula is C15H16O. The van der Waals surface area contributed by atoms with Gasteiger partial charge in [0, 0.05) is 6.61 Å². The highest BCUT2D eigenvalue weighted by Crippen LogP contribution is 2.23. The first kappa shape index (κ1) is 10.9. The SMILES string of the molecule is Cc1cc(CCO)ccc1-c1ccccc1. The topological polar surface area (TPSA) is 20.2 Å². The third-order valence-corrected chi connectivity index (χ3v) is 2.78. The van der Waals surface area contributed by atoms with E-state index in [1.54, 1.807) is 0 Å². The van der Waals surface area contributed by atoms with Gasteiger partial charge < -0.3 is 5.11 Å². The molecule has 0 atom stereocenters. The minimum atomic E-state index is 0.212. The van der Waals surface area contributed by atoms with Crippen LogP contribution in [0.5, 0.6) is 0 Å². The Kier molecular flexibility index (Phi) is 3.37. The third kappa shape index (κ3) is 2.31. The molecule has 0 spiro atoms. The highest BCUT2D eigenvalue weighted by Gasteiger charge is 2.02. The Labute approximate surface area is 96.4 Å². The molecule has 0 aliphatic heterocycles. The first-order chi connectivity index (χ1) is 7.81. The van der Waals surface area contributed by atoms with Crippen LogP contribution < -0.4 is 0 Å². The maximum atomic E-state index is 8.90. The summed E-state index contributed by atoms with van der Waals surface area (Å²) in [5.74, 6) is 0. The van der Waals surface area contributed by atoms with Gasteiger partial charge >= 0.3 is 0 Å². The molecule has 0 aliphatic rings. The van der Waals surface area contributed by atoms with Crippen LogP contribution in [0, 0.1) is 6.92 Å². The summed E-state index contributed by atoms with van der Waals surface area (Å²) < 4.78 is 0. The second-order valence-electron chi connectivity index (χ2n) is 3.99. The van der Waals surface area contributed by atoms with E-state index in [1.165, 1.54) is 22.3 Å². The fourth-order valence-electron chi connectivity index (χ4n) is 1.95. The predicted molar refractivity (Wildman–Crippen MR) is 67.4 cm³/mol. The van der Waals surface area contributed by atoms with Crippen LogP contribution in [0.25, 0.3) is 11.1 Å². The van der Waals surface area contributed by atoms with Crippen molar-refractivity contribution in [2.45, 2.75) is 13.3 Å². The molecule has 0 saturated heterocycles. The van der Waals surface area contributed by atoms with Crippen LogP contribution in [0.15, 0.2) is 48.5 Å². The van der Waals surface area contributed by atoms with E-state index < -0.39 is 0 Å². The molecule has 2 aromatic rings. The van der Waals surface area contributed by atoms with Gasteiger partial charge in [0.05, 0.1) is 0 Å². The van der Waals surface area contributed by atoms with E-state index in [-0.39, 0.29) is 6.61 Å². The van der Waals surface area contributed by atoms with Crippen LogP contribution in [0.3, 0.4) is 0 Å². The number of rotatable bonds is 3. The summed E-state index contributed by atoms with van der Waals surface area (Å²) in [4.78, 5) is 0. The minimum absolute atomic E-state index is 0.212. The number of aliphatic hydroxyl groups is 1. The molecule has 0 heterocycles. The fraction of sp³-hybridized carbons (Fsp3) is 0.200. The first-order valence-corrected chi connectivity index (χ1v) is 5.57. The van der Waals surface area contributed by atoms with Crippen molar-refractivity contribution >= 4 is 0 Å². The number of benzene rings is 2. The molecular weight excluding hydrogens is 196 g/mol. The van der Waals surface area contributed by atoms with Gasteiger partial charge in [0.15, 0.2) is 0 Å². The smallest absolute Gasteiger partial charge is 0.0471 e. The number of hydrogen-bond acceptors (Lipinski definition) is 1. The maximum Gasteiger partial charge on any atom is 0.0471 e. The second kappa shape index (κ2) is 4.95. The lowest BCUT2D eigenvalue weighted by Crippen LogP contribution is -1.92. The van der Waals surface area contributed by atoms with E-state index in [1.807, 2.05) is 6.07 Å². The molecule has 82 valence electrons. The molecule has 1 heteroatoms. The van der Waals surface area contributed by atoms with Gasteiger partial charge in [-0.25, -0.2) is 0 Å². The van der Waals surface area contributed by atoms with E-state index in [0.717, 1.165) is 6.42 Å². The Hall–Kier alpha value is -1.60. The first-order valence-electron chi connectivity index (χ1n) is 5.57. The standard InChI is InChI=1S/C15H16O/c1-12-11-13(9-10-16)7-8-15(12)14-5-3-2-4-6-14/h2-8,11,16H,9-10H2,1H3. The summed E-state index contributed by atoms with van der Waals surface area (Å²) in [6.07, 6.45) is 0.732. The zero-order valence-electron chi connectivity index (χ0n) is 9.48. The molecule has 0 saturated carbocycles. The summed E-state index contributed by atoms with van der Waals surface area (Å²) in [6.45, 7) is 2.33. The lowest BCUT2D eigenvalue weighted by Gasteiger charge is -2.08. The molecule has 0 aliphatic carbocycles. The van der Waals surface area contributed by atoms with Crippen molar-refractivity contribution < 1.29 is 5.11 Å². The summed E-state index contributed by atoms with van der Waals surface area (Å²) in [6, 6.07) is 16.7. The molecule has 0 aromatic heterocycles. The Morgan fingerprint density at radius 3 is 2.38 bits per heavy atom. The third-order valence-electron chi connectivity index (χ3n) is 2.78. The van der Waals surface area contributed by atoms with Crippen LogP contribution in [0.2, 0.25) is 0 Å². The molecule has 16 heavy (non-hydrogen) atoms. The maximum absolute atomic E-state index is 8.90. The van der Waals surface area contributed by atoms with Crippen LogP contribution in [0.1, 0.15) is 11.1 Å². The normalized spacial score (nSPS) is 10.4. The average molecular weight is 212 g/mol. The second-order valence-corrected chi connectivity index (χ2v) is 3.99. The summed E-state index contributed by atoms with van der Waals surface area (Å²) >= 11 is 0. The molecule has 0 fully saturated rings. The number of hydrogen-bond donors (Lipinski definition) is 1.